The Labute approximate surface area is 170 Å². The maximum absolute atomic E-state index is 12.4. The van der Waals surface area contributed by atoms with Gasteiger partial charge >= 0.3 is 0 Å². The van der Waals surface area contributed by atoms with E-state index in [9.17, 15) is 4.79 Å². The molecular weight excluding hydrogens is 376 g/mol. The summed E-state index contributed by atoms with van der Waals surface area (Å²) in [5, 5.41) is 3.41. The normalized spacial score (nSPS) is 15.7. The van der Waals surface area contributed by atoms with Crippen LogP contribution in [0, 0.1) is 0 Å². The van der Waals surface area contributed by atoms with E-state index in [4.69, 9.17) is 4.74 Å². The molecule has 0 unspecified atom stereocenters. The molecule has 0 bridgehead atoms. The minimum atomic E-state index is -0.145. The molecule has 0 aliphatic carbocycles. The fraction of sp³-hybridized carbons (Fsp3) is 0.579. The van der Waals surface area contributed by atoms with E-state index in [0.29, 0.717) is 35.8 Å². The lowest BCUT2D eigenvalue weighted by molar-refractivity contribution is 0.0940. The van der Waals surface area contributed by atoms with Crippen molar-refractivity contribution in [1.29, 1.82) is 0 Å². The minimum absolute atomic E-state index is 0.145. The van der Waals surface area contributed by atoms with Crippen LogP contribution >= 0.6 is 11.3 Å². The van der Waals surface area contributed by atoms with Gasteiger partial charge in [0.25, 0.3) is 5.91 Å². The molecule has 3 rings (SSSR count). The third kappa shape index (κ3) is 5.46. The number of ether oxygens (including phenoxy) is 1. The van der Waals surface area contributed by atoms with E-state index < -0.39 is 0 Å². The molecule has 1 aliphatic heterocycles. The smallest absolute Gasteiger partial charge is 0.280 e. The fourth-order valence-corrected chi connectivity index (χ4v) is 4.03. The number of amides is 1. The lowest BCUT2D eigenvalue weighted by atomic mass is 10.0. The molecule has 0 radical (unpaired) electrons. The quantitative estimate of drug-likeness (QED) is 0.718. The second-order valence-electron chi connectivity index (χ2n) is 7.00. The van der Waals surface area contributed by atoms with Crippen molar-refractivity contribution in [2.75, 3.05) is 46.9 Å². The second-order valence-corrected chi connectivity index (χ2v) is 8.03. The molecule has 1 N–H and O–H groups in total. The Hall–Kier alpha value is -2.10. The van der Waals surface area contributed by atoms with Crippen LogP contribution in [0.15, 0.2) is 18.6 Å². The number of aromatic nitrogens is 3. The fourth-order valence-electron chi connectivity index (χ4n) is 3.24. The van der Waals surface area contributed by atoms with Crippen LogP contribution in [0.1, 0.15) is 29.6 Å². The lowest BCUT2D eigenvalue weighted by Gasteiger charge is -2.35. The predicted octanol–water partition coefficient (Wildman–Crippen LogP) is 1.75. The Balaban J connectivity index is 1.48. The maximum Gasteiger partial charge on any atom is 0.280 e. The van der Waals surface area contributed by atoms with Crippen LogP contribution < -0.4 is 10.1 Å². The molecule has 1 fully saturated rings. The van der Waals surface area contributed by atoms with Crippen molar-refractivity contribution in [2.45, 2.75) is 25.8 Å². The molecule has 1 amide bonds. The van der Waals surface area contributed by atoms with Gasteiger partial charge in [0.1, 0.15) is 5.69 Å². The highest BCUT2D eigenvalue weighted by Crippen LogP contribution is 2.25. The van der Waals surface area contributed by atoms with E-state index in [1.54, 1.807) is 18.6 Å². The molecule has 0 spiro atoms. The van der Waals surface area contributed by atoms with Crippen molar-refractivity contribution in [3.05, 3.63) is 23.6 Å². The molecule has 9 heteroatoms. The summed E-state index contributed by atoms with van der Waals surface area (Å²) in [5.41, 5.74) is 0.659. The van der Waals surface area contributed by atoms with E-state index in [1.165, 1.54) is 24.2 Å². The molecule has 8 nitrogen and oxygen atoms in total. The summed E-state index contributed by atoms with van der Waals surface area (Å²) in [7, 11) is 4.28. The van der Waals surface area contributed by atoms with Gasteiger partial charge < -0.3 is 19.9 Å². The Morgan fingerprint density at radius 3 is 2.82 bits per heavy atom. The van der Waals surface area contributed by atoms with Gasteiger partial charge in [-0.25, -0.2) is 9.97 Å². The number of thiazole rings is 1. The van der Waals surface area contributed by atoms with Crippen LogP contribution in [0.5, 0.6) is 5.88 Å². The Kier molecular flexibility index (Phi) is 7.30. The first kappa shape index (κ1) is 20.6. The average molecular weight is 405 g/mol. The number of rotatable bonds is 8. The van der Waals surface area contributed by atoms with E-state index in [2.05, 4.69) is 44.2 Å². The summed E-state index contributed by atoms with van der Waals surface area (Å²) in [6.07, 6.45) is 7.24. The minimum Gasteiger partial charge on any atom is -0.477 e. The molecule has 2 aromatic rings. The summed E-state index contributed by atoms with van der Waals surface area (Å²) in [4.78, 5) is 30.7. The zero-order valence-electron chi connectivity index (χ0n) is 16.7. The standard InChI is InChI=1S/C19H28N6O2S/c1-4-27-17-13-20-11-15(23-17)16-12-22-19(28-16)18(26)21-7-10-25-8-5-14(6-9-25)24(2)3/h11-14H,4-10H2,1-3H3,(H,21,26). The zero-order chi connectivity index (χ0) is 19.9. The van der Waals surface area contributed by atoms with Crippen LogP contribution in [-0.4, -0.2) is 83.6 Å². The van der Waals surface area contributed by atoms with Gasteiger partial charge in [-0.05, 0) is 47.0 Å². The largest absolute Gasteiger partial charge is 0.477 e. The summed E-state index contributed by atoms with van der Waals surface area (Å²) >= 11 is 1.31. The van der Waals surface area contributed by atoms with Gasteiger partial charge in [0.2, 0.25) is 5.88 Å². The van der Waals surface area contributed by atoms with Gasteiger partial charge in [0.15, 0.2) is 5.01 Å². The number of nitrogens with one attached hydrogen (secondary N) is 1. The van der Waals surface area contributed by atoms with Crippen molar-refractivity contribution in [2.24, 2.45) is 0 Å². The number of nitrogens with zero attached hydrogens (tertiary/aromatic N) is 5. The summed E-state index contributed by atoms with van der Waals surface area (Å²) in [6, 6.07) is 0.670. The molecule has 1 aliphatic rings. The van der Waals surface area contributed by atoms with E-state index in [-0.39, 0.29) is 5.91 Å². The number of carbonyl (C=O) groups is 1. The van der Waals surface area contributed by atoms with Crippen LogP contribution in [-0.2, 0) is 0 Å². The van der Waals surface area contributed by atoms with Crippen molar-refractivity contribution in [3.8, 4) is 16.5 Å². The molecule has 0 atom stereocenters. The van der Waals surface area contributed by atoms with Crippen LogP contribution in [0.4, 0.5) is 0 Å². The van der Waals surface area contributed by atoms with Crippen LogP contribution in [0.25, 0.3) is 10.6 Å². The topological polar surface area (TPSA) is 83.5 Å². The highest BCUT2D eigenvalue weighted by molar-refractivity contribution is 7.16. The molecule has 0 aromatic carbocycles. The Morgan fingerprint density at radius 2 is 2.11 bits per heavy atom. The number of piperidine rings is 1. The number of likely N-dealkylation sites (tertiary alicyclic amines) is 1. The number of hydrogen-bond acceptors (Lipinski definition) is 8. The second kappa shape index (κ2) is 9.90. The van der Waals surface area contributed by atoms with E-state index in [1.807, 2.05) is 6.92 Å². The first-order valence-corrected chi connectivity index (χ1v) is 10.5. The summed E-state index contributed by atoms with van der Waals surface area (Å²) < 4.78 is 5.38. The molecule has 0 saturated carbocycles. The van der Waals surface area contributed by atoms with Gasteiger partial charge in [-0.2, -0.15) is 0 Å². The Morgan fingerprint density at radius 1 is 1.32 bits per heavy atom. The number of carbonyl (C=O) groups excluding carboxylic acids is 1. The highest BCUT2D eigenvalue weighted by Gasteiger charge is 2.20. The van der Waals surface area contributed by atoms with Crippen molar-refractivity contribution < 1.29 is 9.53 Å². The van der Waals surface area contributed by atoms with Crippen LogP contribution in [0.2, 0.25) is 0 Å². The molecule has 28 heavy (non-hydrogen) atoms. The summed E-state index contributed by atoms with van der Waals surface area (Å²) in [5.74, 6) is 0.325. The molecule has 1 saturated heterocycles. The lowest BCUT2D eigenvalue weighted by Crippen LogP contribution is -2.44. The van der Waals surface area contributed by atoms with Gasteiger partial charge in [-0.1, -0.05) is 0 Å². The molecular formula is C19H28N6O2S. The van der Waals surface area contributed by atoms with Gasteiger partial charge in [-0.3, -0.25) is 9.78 Å². The third-order valence-electron chi connectivity index (χ3n) is 4.86. The van der Waals surface area contributed by atoms with Crippen molar-refractivity contribution in [3.63, 3.8) is 0 Å². The summed E-state index contributed by atoms with van der Waals surface area (Å²) in [6.45, 7) is 6.07. The van der Waals surface area contributed by atoms with Gasteiger partial charge in [0, 0.05) is 25.3 Å². The molecule has 3 heterocycles. The van der Waals surface area contributed by atoms with E-state index >= 15 is 0 Å². The molecule has 152 valence electrons. The number of hydrogen-bond donors (Lipinski definition) is 1. The SMILES string of the molecule is CCOc1cncc(-c2cnc(C(=O)NCCN3CCC(N(C)C)CC3)s2)n1. The van der Waals surface area contributed by atoms with Crippen molar-refractivity contribution >= 4 is 17.2 Å². The average Bonchev–Trinajstić information content (AvgIpc) is 3.19. The maximum atomic E-state index is 12.4. The van der Waals surface area contributed by atoms with Gasteiger partial charge in [-0.15, -0.1) is 11.3 Å². The molecule has 2 aromatic heterocycles. The highest BCUT2D eigenvalue weighted by atomic mass is 32.1. The van der Waals surface area contributed by atoms with Gasteiger partial charge in [0.05, 0.1) is 23.9 Å². The third-order valence-corrected chi connectivity index (χ3v) is 5.88. The predicted molar refractivity (Wildman–Crippen MR) is 110 cm³/mol. The van der Waals surface area contributed by atoms with Crippen molar-refractivity contribution in [1.82, 2.24) is 30.1 Å². The Bertz CT molecular complexity index is 773. The first-order valence-electron chi connectivity index (χ1n) is 9.65. The monoisotopic (exact) mass is 404 g/mol. The first-order chi connectivity index (χ1) is 13.6. The zero-order valence-corrected chi connectivity index (χ0v) is 17.5. The van der Waals surface area contributed by atoms with Crippen LogP contribution in [0.3, 0.4) is 0 Å². The van der Waals surface area contributed by atoms with E-state index in [0.717, 1.165) is 24.5 Å².